The van der Waals surface area contributed by atoms with Gasteiger partial charge in [0.05, 0.1) is 18.3 Å². The Hall–Kier alpha value is -2.35. The van der Waals surface area contributed by atoms with Gasteiger partial charge in [0, 0.05) is 17.0 Å². The van der Waals surface area contributed by atoms with Gasteiger partial charge in [-0.2, -0.15) is 0 Å². The number of aryl methyl sites for hydroxylation is 2. The molecule has 1 aromatic heterocycles. The minimum Gasteiger partial charge on any atom is -0.497 e. The van der Waals surface area contributed by atoms with E-state index in [0.29, 0.717) is 0 Å². The van der Waals surface area contributed by atoms with E-state index in [0.717, 1.165) is 22.5 Å². The number of ether oxygens (including phenoxy) is 1. The molecular weight excluding hydrogens is 246 g/mol. The van der Waals surface area contributed by atoms with Crippen LogP contribution in [0.5, 0.6) is 5.75 Å². The van der Waals surface area contributed by atoms with E-state index in [1.165, 1.54) is 16.5 Å². The van der Waals surface area contributed by atoms with Gasteiger partial charge in [-0.3, -0.25) is 0 Å². The van der Waals surface area contributed by atoms with Gasteiger partial charge in [0.15, 0.2) is 0 Å². The van der Waals surface area contributed by atoms with E-state index in [2.05, 4.69) is 50.2 Å². The zero-order valence-electron chi connectivity index (χ0n) is 12.0. The molecule has 0 N–H and O–H groups in total. The zero-order chi connectivity index (χ0) is 14.1. The summed E-state index contributed by atoms with van der Waals surface area (Å²) in [6.07, 6.45) is 0. The van der Waals surface area contributed by atoms with Crippen LogP contribution in [0.25, 0.3) is 22.2 Å². The van der Waals surface area contributed by atoms with Crippen molar-refractivity contribution in [1.29, 1.82) is 0 Å². The molecule has 2 heteroatoms. The Labute approximate surface area is 119 Å². The van der Waals surface area contributed by atoms with Gasteiger partial charge in [0.2, 0.25) is 0 Å². The average Bonchev–Trinajstić information content (AvgIpc) is 2.46. The van der Waals surface area contributed by atoms with Gasteiger partial charge in [-0.05, 0) is 43.7 Å². The van der Waals surface area contributed by atoms with Crippen molar-refractivity contribution in [3.63, 3.8) is 0 Å². The molecular formula is C18H17NO. The van der Waals surface area contributed by atoms with Gasteiger partial charge in [-0.1, -0.05) is 23.8 Å². The summed E-state index contributed by atoms with van der Waals surface area (Å²) in [6.45, 7) is 4.22. The Morgan fingerprint density at radius 1 is 0.950 bits per heavy atom. The molecule has 20 heavy (non-hydrogen) atoms. The number of hydrogen-bond donors (Lipinski definition) is 0. The fourth-order valence-corrected chi connectivity index (χ4v) is 2.46. The summed E-state index contributed by atoms with van der Waals surface area (Å²) >= 11 is 0. The molecule has 0 aliphatic rings. The van der Waals surface area contributed by atoms with E-state index in [-0.39, 0.29) is 0 Å². The first-order valence-corrected chi connectivity index (χ1v) is 6.70. The Morgan fingerprint density at radius 2 is 1.80 bits per heavy atom. The van der Waals surface area contributed by atoms with Gasteiger partial charge in [0.25, 0.3) is 0 Å². The second kappa shape index (κ2) is 4.97. The molecule has 0 radical (unpaired) electrons. The first-order valence-electron chi connectivity index (χ1n) is 6.70. The Bertz CT molecular complexity index is 777. The minimum absolute atomic E-state index is 0.839. The molecule has 100 valence electrons. The van der Waals surface area contributed by atoms with Gasteiger partial charge in [0.1, 0.15) is 5.75 Å². The van der Waals surface area contributed by atoms with Crippen LogP contribution < -0.4 is 4.74 Å². The van der Waals surface area contributed by atoms with Crippen LogP contribution in [0.1, 0.15) is 11.1 Å². The molecule has 0 aliphatic carbocycles. The molecule has 0 saturated heterocycles. The third-order valence-corrected chi connectivity index (χ3v) is 3.54. The topological polar surface area (TPSA) is 22.1 Å². The van der Waals surface area contributed by atoms with Crippen molar-refractivity contribution in [1.82, 2.24) is 4.98 Å². The summed E-state index contributed by atoms with van der Waals surface area (Å²) in [4.78, 5) is 4.78. The van der Waals surface area contributed by atoms with Crippen molar-refractivity contribution < 1.29 is 4.74 Å². The van der Waals surface area contributed by atoms with Crippen LogP contribution in [0.2, 0.25) is 0 Å². The lowest BCUT2D eigenvalue weighted by Crippen LogP contribution is -1.90. The monoisotopic (exact) mass is 263 g/mol. The number of aromatic nitrogens is 1. The number of benzene rings is 2. The number of nitrogens with zero attached hydrogens (tertiary/aromatic N) is 1. The fraction of sp³-hybridized carbons (Fsp3) is 0.167. The predicted molar refractivity (Wildman–Crippen MR) is 83.2 cm³/mol. The largest absolute Gasteiger partial charge is 0.497 e. The van der Waals surface area contributed by atoms with Crippen LogP contribution in [-0.4, -0.2) is 12.1 Å². The van der Waals surface area contributed by atoms with E-state index in [1.54, 1.807) is 7.11 Å². The number of pyridine rings is 1. The van der Waals surface area contributed by atoms with Crippen LogP contribution in [0, 0.1) is 13.8 Å². The number of hydrogen-bond acceptors (Lipinski definition) is 2. The molecule has 1 heterocycles. The molecule has 0 unspecified atom stereocenters. The van der Waals surface area contributed by atoms with Crippen molar-refractivity contribution in [2.75, 3.05) is 7.11 Å². The predicted octanol–water partition coefficient (Wildman–Crippen LogP) is 4.53. The maximum absolute atomic E-state index is 5.29. The van der Waals surface area contributed by atoms with Crippen LogP contribution in [-0.2, 0) is 0 Å². The van der Waals surface area contributed by atoms with Crippen molar-refractivity contribution in [3.8, 4) is 17.0 Å². The lowest BCUT2D eigenvalue weighted by molar-refractivity contribution is 0.415. The van der Waals surface area contributed by atoms with Crippen LogP contribution in [0.3, 0.4) is 0 Å². The standard InChI is InChI=1S/C18H17NO/c1-12-5-4-6-14(9-12)17-10-13(2)16-8-7-15(20-3)11-18(16)19-17/h4-11H,1-3H3. The molecule has 0 saturated carbocycles. The molecule has 0 aliphatic heterocycles. The van der Waals surface area contributed by atoms with Gasteiger partial charge < -0.3 is 4.74 Å². The van der Waals surface area contributed by atoms with Crippen molar-refractivity contribution in [2.45, 2.75) is 13.8 Å². The molecule has 3 rings (SSSR count). The summed E-state index contributed by atoms with van der Waals surface area (Å²) in [5, 5.41) is 1.17. The van der Waals surface area contributed by atoms with E-state index < -0.39 is 0 Å². The highest BCUT2D eigenvalue weighted by Gasteiger charge is 2.06. The average molecular weight is 263 g/mol. The Morgan fingerprint density at radius 3 is 2.55 bits per heavy atom. The van der Waals surface area contributed by atoms with E-state index in [1.807, 2.05) is 12.1 Å². The molecule has 2 nitrogen and oxygen atoms in total. The van der Waals surface area contributed by atoms with Crippen LogP contribution in [0.15, 0.2) is 48.5 Å². The van der Waals surface area contributed by atoms with Crippen LogP contribution >= 0.6 is 0 Å². The fourth-order valence-electron chi connectivity index (χ4n) is 2.46. The highest BCUT2D eigenvalue weighted by molar-refractivity contribution is 5.86. The normalized spacial score (nSPS) is 10.8. The Balaban J connectivity index is 2.22. The quantitative estimate of drug-likeness (QED) is 0.677. The number of rotatable bonds is 2. The maximum atomic E-state index is 5.29. The summed E-state index contributed by atoms with van der Waals surface area (Å²) in [5.74, 6) is 0.839. The van der Waals surface area contributed by atoms with Crippen molar-refractivity contribution in [3.05, 3.63) is 59.7 Å². The molecule has 0 amide bonds. The van der Waals surface area contributed by atoms with Crippen molar-refractivity contribution >= 4 is 10.9 Å². The van der Waals surface area contributed by atoms with Gasteiger partial charge >= 0.3 is 0 Å². The summed E-state index contributed by atoms with van der Waals surface area (Å²) < 4.78 is 5.29. The molecule has 0 atom stereocenters. The van der Waals surface area contributed by atoms with E-state index in [9.17, 15) is 0 Å². The SMILES string of the molecule is COc1ccc2c(C)cc(-c3cccc(C)c3)nc2c1. The Kier molecular flexibility index (Phi) is 3.15. The minimum atomic E-state index is 0.839. The summed E-state index contributed by atoms with van der Waals surface area (Å²) in [6, 6.07) is 16.6. The first-order chi connectivity index (χ1) is 9.67. The lowest BCUT2D eigenvalue weighted by Gasteiger charge is -2.08. The second-order valence-electron chi connectivity index (χ2n) is 5.08. The van der Waals surface area contributed by atoms with Crippen molar-refractivity contribution in [2.24, 2.45) is 0 Å². The smallest absolute Gasteiger partial charge is 0.121 e. The molecule has 3 aromatic rings. The highest BCUT2D eigenvalue weighted by atomic mass is 16.5. The lowest BCUT2D eigenvalue weighted by atomic mass is 10.0. The molecule has 0 bridgehead atoms. The first kappa shape index (κ1) is 12.7. The molecule has 0 fully saturated rings. The molecule has 2 aromatic carbocycles. The van der Waals surface area contributed by atoms with E-state index >= 15 is 0 Å². The number of fused-ring (bicyclic) bond motifs is 1. The molecule has 0 spiro atoms. The van der Waals surface area contributed by atoms with Gasteiger partial charge in [-0.15, -0.1) is 0 Å². The highest BCUT2D eigenvalue weighted by Crippen LogP contribution is 2.27. The second-order valence-corrected chi connectivity index (χ2v) is 5.08. The maximum Gasteiger partial charge on any atom is 0.121 e. The summed E-state index contributed by atoms with van der Waals surface area (Å²) in [7, 11) is 1.68. The third-order valence-electron chi connectivity index (χ3n) is 3.54. The van der Waals surface area contributed by atoms with E-state index in [4.69, 9.17) is 9.72 Å². The summed E-state index contributed by atoms with van der Waals surface area (Å²) in [5.41, 5.74) is 5.60. The zero-order valence-corrected chi connectivity index (χ0v) is 12.0. The van der Waals surface area contributed by atoms with Crippen LogP contribution in [0.4, 0.5) is 0 Å². The number of methoxy groups -OCH3 is 1. The van der Waals surface area contributed by atoms with Gasteiger partial charge in [-0.25, -0.2) is 4.98 Å². The third kappa shape index (κ3) is 2.25.